The highest BCUT2D eigenvalue weighted by Gasteiger charge is 2.54. The normalized spacial score (nSPS) is 36.4. The zero-order valence-electron chi connectivity index (χ0n) is 32.3. The van der Waals surface area contributed by atoms with E-state index in [9.17, 15) is 14.4 Å². The van der Waals surface area contributed by atoms with Crippen molar-refractivity contribution in [3.8, 4) is 0 Å². The summed E-state index contributed by atoms with van der Waals surface area (Å²) in [6.45, 7) is 45.8. The Hall–Kier alpha value is -3.42. The van der Waals surface area contributed by atoms with E-state index in [2.05, 4.69) is 64.5 Å². The Labute approximate surface area is 308 Å². The molecular weight excluding hydrogens is 637 g/mol. The van der Waals surface area contributed by atoms with Crippen LogP contribution in [-0.4, -0.2) is 80.5 Å². The van der Waals surface area contributed by atoms with Crippen molar-refractivity contribution < 1.29 is 14.4 Å². The number of Topliss-reactive ketones (excluding diaryl/α,β-unsaturated/α-hetero) is 3. The lowest BCUT2D eigenvalue weighted by Gasteiger charge is -2.52. The molecule has 3 aliphatic carbocycles. The Bertz CT molecular complexity index is 1560. The number of piperidine rings is 3. The van der Waals surface area contributed by atoms with Crippen LogP contribution in [0.3, 0.4) is 0 Å². The molecule has 9 nitrogen and oxygen atoms in total. The van der Waals surface area contributed by atoms with Crippen LogP contribution in [0.1, 0.15) is 89.0 Å². The quantitative estimate of drug-likeness (QED) is 0.266. The lowest BCUT2D eigenvalue weighted by Crippen LogP contribution is -2.54. The third-order valence-corrected chi connectivity index (χ3v) is 13.2. The molecule has 0 spiro atoms. The molecule has 0 aromatic rings. The summed E-state index contributed by atoms with van der Waals surface area (Å²) in [5.74, 6) is 1.12. The number of fused-ring (bicyclic) bond motifs is 3. The second-order valence-electron chi connectivity index (χ2n) is 18.3. The number of likely N-dealkylation sites (tertiary alicyclic amines) is 2. The molecule has 6 atom stereocenters. The number of carbonyl (C=O) groups is 3. The number of allylic oxidation sites excluding steroid dienone is 3. The van der Waals surface area contributed by atoms with Crippen molar-refractivity contribution in [3.05, 3.63) is 69.6 Å². The first-order chi connectivity index (χ1) is 23.0. The van der Waals surface area contributed by atoms with Gasteiger partial charge in [-0.1, -0.05) is 88.0 Å². The number of hydrogen-bond acceptors (Lipinski definition) is 6. The smallest absolute Gasteiger partial charge is 0.226 e. The van der Waals surface area contributed by atoms with E-state index in [4.69, 9.17) is 19.7 Å². The molecule has 0 saturated carbocycles. The fraction of sp³-hybridized carbons (Fsp3) is 0.714. The minimum absolute atomic E-state index is 0. The Morgan fingerprint density at radius 3 is 1.24 bits per heavy atom. The standard InChI is InChI=1S/2C14H20N2O.C13H18N2O.CH4/c2*1-13(2)11-6-7-16(5)9-14(11,3)8-10(15-4)12(13)17;1-12(2)10-5-6-15-8-13(10,3)7-9(14-4)11(12)16;/h2*8,11H,6-7,9H2,1-3,5H3;7,10,15H,5-6,8H2,1-3H3;1H4/t2*11-,14+;10-,13+;/m100./s1. The Kier molecular flexibility index (Phi) is 12.0. The van der Waals surface area contributed by atoms with Crippen LogP contribution in [0.15, 0.2) is 35.3 Å². The van der Waals surface area contributed by atoms with Crippen LogP contribution in [0.2, 0.25) is 0 Å². The molecule has 0 bridgehead atoms. The predicted octanol–water partition coefficient (Wildman–Crippen LogP) is 7.36. The molecule has 3 saturated heterocycles. The molecule has 278 valence electrons. The average molecular weight is 699 g/mol. The highest BCUT2D eigenvalue weighted by atomic mass is 16.1. The number of nitrogens with one attached hydrogen (secondary N) is 1. The van der Waals surface area contributed by atoms with Crippen molar-refractivity contribution in [2.24, 2.45) is 50.2 Å². The van der Waals surface area contributed by atoms with Crippen LogP contribution >= 0.6 is 0 Å². The number of nitrogens with zero attached hydrogens (tertiary/aromatic N) is 5. The molecule has 0 unspecified atom stereocenters. The summed E-state index contributed by atoms with van der Waals surface area (Å²) >= 11 is 0. The van der Waals surface area contributed by atoms with Crippen LogP contribution in [0.25, 0.3) is 14.5 Å². The molecule has 0 radical (unpaired) electrons. The van der Waals surface area contributed by atoms with Crippen molar-refractivity contribution >= 4 is 17.3 Å². The Morgan fingerprint density at radius 1 is 0.588 bits per heavy atom. The van der Waals surface area contributed by atoms with Gasteiger partial charge in [0, 0.05) is 35.9 Å². The molecule has 1 N–H and O–H groups in total. The molecule has 3 heterocycles. The van der Waals surface area contributed by atoms with Crippen LogP contribution in [0, 0.1) is 70.0 Å². The van der Waals surface area contributed by atoms with Gasteiger partial charge in [0.25, 0.3) is 0 Å². The van der Waals surface area contributed by atoms with Gasteiger partial charge in [0.2, 0.25) is 17.1 Å². The zero-order valence-corrected chi connectivity index (χ0v) is 32.3. The van der Waals surface area contributed by atoms with E-state index in [1.807, 2.05) is 59.8 Å². The summed E-state index contributed by atoms with van der Waals surface area (Å²) in [7, 11) is 4.21. The van der Waals surface area contributed by atoms with Crippen LogP contribution in [-0.2, 0) is 14.4 Å². The zero-order chi connectivity index (χ0) is 37.7. The molecule has 51 heavy (non-hydrogen) atoms. The van der Waals surface area contributed by atoms with Crippen molar-refractivity contribution in [2.45, 2.75) is 89.0 Å². The van der Waals surface area contributed by atoms with E-state index in [0.29, 0.717) is 34.8 Å². The monoisotopic (exact) mass is 698 g/mol. The van der Waals surface area contributed by atoms with E-state index in [-0.39, 0.29) is 41.0 Å². The number of ketones is 3. The van der Waals surface area contributed by atoms with Crippen molar-refractivity contribution in [1.82, 2.24) is 15.1 Å². The van der Waals surface area contributed by atoms with Gasteiger partial charge in [0.15, 0.2) is 17.3 Å². The fourth-order valence-electron chi connectivity index (χ4n) is 10.8. The van der Waals surface area contributed by atoms with Gasteiger partial charge in [-0.3, -0.25) is 0 Å². The highest BCUT2D eigenvalue weighted by Crippen LogP contribution is 2.54. The molecule has 0 aromatic heterocycles. The molecule has 3 aliphatic heterocycles. The van der Waals surface area contributed by atoms with Crippen molar-refractivity contribution in [1.29, 1.82) is 0 Å². The molecule has 6 aliphatic rings. The third-order valence-electron chi connectivity index (χ3n) is 13.2. The van der Waals surface area contributed by atoms with Crippen molar-refractivity contribution in [3.63, 3.8) is 0 Å². The molecule has 0 amide bonds. The maximum absolute atomic E-state index is 12.3. The van der Waals surface area contributed by atoms with Crippen LogP contribution in [0.5, 0.6) is 0 Å². The van der Waals surface area contributed by atoms with Gasteiger partial charge < -0.3 is 29.5 Å². The summed E-state index contributed by atoms with van der Waals surface area (Å²) < 4.78 is 0. The van der Waals surface area contributed by atoms with Gasteiger partial charge in [-0.2, -0.15) is 0 Å². The Morgan fingerprint density at radius 2 is 0.902 bits per heavy atom. The van der Waals surface area contributed by atoms with Gasteiger partial charge in [-0.05, 0) is 87.0 Å². The fourth-order valence-corrected chi connectivity index (χ4v) is 10.8. The molecule has 0 aromatic carbocycles. The van der Waals surface area contributed by atoms with E-state index >= 15 is 0 Å². The highest BCUT2D eigenvalue weighted by molar-refractivity contribution is 6.03. The largest absolute Gasteiger partial charge is 0.316 e. The summed E-state index contributed by atoms with van der Waals surface area (Å²) in [4.78, 5) is 51.5. The Balaban J connectivity index is 0.000000205. The van der Waals surface area contributed by atoms with E-state index in [0.717, 1.165) is 58.5 Å². The molecule has 9 heteroatoms. The second-order valence-corrected chi connectivity index (χ2v) is 18.3. The van der Waals surface area contributed by atoms with Gasteiger partial charge in [-0.15, -0.1) is 0 Å². The van der Waals surface area contributed by atoms with Crippen molar-refractivity contribution in [2.75, 3.05) is 53.4 Å². The average Bonchev–Trinajstić information content (AvgIpc) is 3.03. The van der Waals surface area contributed by atoms with Crippen LogP contribution in [0.4, 0.5) is 0 Å². The van der Waals surface area contributed by atoms with E-state index in [1.54, 1.807) is 0 Å². The maximum Gasteiger partial charge on any atom is 0.226 e. The van der Waals surface area contributed by atoms with Crippen LogP contribution < -0.4 is 5.32 Å². The summed E-state index contributed by atoms with van der Waals surface area (Å²) in [6, 6.07) is 0. The minimum Gasteiger partial charge on any atom is -0.316 e. The predicted molar refractivity (Wildman–Crippen MR) is 204 cm³/mol. The lowest BCUT2D eigenvalue weighted by atomic mass is 9.55. The minimum atomic E-state index is -0.398. The number of hydrogen-bond donors (Lipinski definition) is 1. The SMILES string of the molecule is C.[C-]#[N+]C1=C[C@@]2(C)CN(C)CC[C@@H]2C(C)(C)C1=O.[C-]#[N+]C1=C[C@]2(C)CN(C)CC[C@H]2C(C)(C)C1=O.[C-]#[N+]C1=C[C@]2(C)CNCC[C@H]2C(C)(C)C1=O. The van der Waals surface area contributed by atoms with Gasteiger partial charge >= 0.3 is 0 Å². The molecule has 6 rings (SSSR count). The van der Waals surface area contributed by atoms with E-state index < -0.39 is 16.2 Å². The summed E-state index contributed by atoms with van der Waals surface area (Å²) in [5, 5.41) is 3.36. The van der Waals surface area contributed by atoms with Gasteiger partial charge in [0.05, 0.1) is 19.7 Å². The first-order valence-corrected chi connectivity index (χ1v) is 18.1. The topological polar surface area (TPSA) is 82.8 Å². The van der Waals surface area contributed by atoms with Gasteiger partial charge in [-0.25, -0.2) is 14.5 Å². The second kappa shape index (κ2) is 14.5. The molecular formula is C42H62N6O3. The number of carbonyl (C=O) groups excluding carboxylic acids is 3. The first-order valence-electron chi connectivity index (χ1n) is 18.1. The van der Waals surface area contributed by atoms with E-state index in [1.165, 1.54) is 0 Å². The third kappa shape index (κ3) is 7.44. The summed E-state index contributed by atoms with van der Waals surface area (Å²) in [5.41, 5.74) is -0.314. The summed E-state index contributed by atoms with van der Waals surface area (Å²) in [6.07, 6.45) is 8.82. The number of rotatable bonds is 0. The lowest BCUT2D eigenvalue weighted by molar-refractivity contribution is -0.132. The maximum atomic E-state index is 12.3. The molecule has 3 fully saturated rings. The first kappa shape index (κ1) is 42.0. The van der Waals surface area contributed by atoms with Gasteiger partial charge in [0.1, 0.15) is 0 Å².